The molecule has 1 saturated heterocycles. The zero-order valence-electron chi connectivity index (χ0n) is 10.9. The van der Waals surface area contributed by atoms with E-state index in [0.29, 0.717) is 32.0 Å². The first kappa shape index (κ1) is 13.2. The Morgan fingerprint density at radius 2 is 2.11 bits per heavy atom. The van der Waals surface area contributed by atoms with E-state index in [1.54, 1.807) is 4.90 Å². The molecule has 1 unspecified atom stereocenters. The highest BCUT2D eigenvalue weighted by atomic mass is 16.4. The van der Waals surface area contributed by atoms with Crippen LogP contribution in [0, 0.1) is 17.8 Å². The lowest BCUT2D eigenvalue weighted by Crippen LogP contribution is -2.47. The second-order valence-electron chi connectivity index (χ2n) is 5.62. The zero-order valence-corrected chi connectivity index (χ0v) is 10.9. The van der Waals surface area contributed by atoms with Crippen molar-refractivity contribution in [2.45, 2.75) is 32.6 Å². The van der Waals surface area contributed by atoms with Crippen LogP contribution in [0.2, 0.25) is 0 Å². The van der Waals surface area contributed by atoms with Crippen molar-refractivity contribution in [3.63, 3.8) is 0 Å². The number of carboxylic acid groups (broad SMARTS) is 1. The summed E-state index contributed by atoms with van der Waals surface area (Å²) in [4.78, 5) is 24.5. The first-order valence-electron chi connectivity index (χ1n) is 6.83. The molecule has 0 aromatic rings. The number of amides is 2. The molecule has 5 nitrogen and oxygen atoms in total. The second-order valence-corrected chi connectivity index (χ2v) is 5.62. The molecule has 2 aliphatic rings. The van der Waals surface area contributed by atoms with E-state index in [0.717, 1.165) is 12.3 Å². The van der Waals surface area contributed by atoms with E-state index < -0.39 is 11.9 Å². The van der Waals surface area contributed by atoms with Crippen LogP contribution in [-0.4, -0.2) is 41.6 Å². The number of aliphatic carboxylic acids is 1. The van der Waals surface area contributed by atoms with Crippen LogP contribution in [0.3, 0.4) is 0 Å². The monoisotopic (exact) mass is 254 g/mol. The van der Waals surface area contributed by atoms with E-state index in [4.69, 9.17) is 5.11 Å². The molecular weight excluding hydrogens is 232 g/mol. The maximum absolute atomic E-state index is 11.9. The Morgan fingerprint density at radius 3 is 2.72 bits per heavy atom. The van der Waals surface area contributed by atoms with Crippen LogP contribution in [-0.2, 0) is 4.79 Å². The minimum absolute atomic E-state index is 0.103. The van der Waals surface area contributed by atoms with Crippen molar-refractivity contribution in [2.24, 2.45) is 17.8 Å². The number of urea groups is 1. The highest BCUT2D eigenvalue weighted by molar-refractivity contribution is 5.76. The Kier molecular flexibility index (Phi) is 4.09. The van der Waals surface area contributed by atoms with Gasteiger partial charge < -0.3 is 15.3 Å². The van der Waals surface area contributed by atoms with Gasteiger partial charge in [0.05, 0.1) is 5.92 Å². The number of nitrogens with zero attached hydrogens (tertiary/aromatic N) is 1. The van der Waals surface area contributed by atoms with Gasteiger partial charge in [-0.25, -0.2) is 4.79 Å². The van der Waals surface area contributed by atoms with Crippen molar-refractivity contribution in [3.8, 4) is 0 Å². The predicted octanol–water partition coefficient (Wildman–Crippen LogP) is 1.54. The second kappa shape index (κ2) is 5.59. The average Bonchev–Trinajstić information content (AvgIpc) is 3.20. The molecular formula is C13H22N2O3. The molecule has 18 heavy (non-hydrogen) atoms. The third-order valence-electron chi connectivity index (χ3n) is 4.06. The van der Waals surface area contributed by atoms with Crippen molar-refractivity contribution in [1.29, 1.82) is 0 Å². The van der Waals surface area contributed by atoms with Gasteiger partial charge in [0, 0.05) is 19.6 Å². The molecule has 1 saturated carbocycles. The molecule has 0 aromatic carbocycles. The Bertz CT molecular complexity index is 328. The van der Waals surface area contributed by atoms with Gasteiger partial charge in [0.2, 0.25) is 0 Å². The van der Waals surface area contributed by atoms with Gasteiger partial charge in [-0.05, 0) is 37.5 Å². The number of carbonyl (C=O) groups is 2. The smallest absolute Gasteiger partial charge is 0.317 e. The molecule has 0 aromatic heterocycles. The molecule has 2 fully saturated rings. The normalized spacial score (nSPS) is 25.6. The van der Waals surface area contributed by atoms with E-state index in [1.807, 2.05) is 0 Å². The Morgan fingerprint density at radius 1 is 1.39 bits per heavy atom. The van der Waals surface area contributed by atoms with Gasteiger partial charge in [0.25, 0.3) is 0 Å². The molecule has 0 spiro atoms. The number of hydrogen-bond acceptors (Lipinski definition) is 2. The first-order valence-corrected chi connectivity index (χ1v) is 6.83. The largest absolute Gasteiger partial charge is 0.481 e. The minimum Gasteiger partial charge on any atom is -0.481 e. The van der Waals surface area contributed by atoms with Crippen molar-refractivity contribution < 1.29 is 14.7 Å². The standard InChI is InChI=1S/C13H22N2O3/c1-9(10-4-5-10)7-14-13(18)15-6-2-3-11(8-15)12(16)17/h9-11H,2-8H2,1H3,(H,14,18)(H,16,17)/t9?,11-/m1/s1. The van der Waals surface area contributed by atoms with Crippen LogP contribution >= 0.6 is 0 Å². The molecule has 102 valence electrons. The number of carbonyl (C=O) groups excluding carboxylic acids is 1. The number of nitrogens with one attached hydrogen (secondary N) is 1. The summed E-state index contributed by atoms with van der Waals surface area (Å²) in [5.41, 5.74) is 0. The molecule has 2 rings (SSSR count). The molecule has 2 atom stereocenters. The van der Waals surface area contributed by atoms with Crippen LogP contribution in [0.15, 0.2) is 0 Å². The highest BCUT2D eigenvalue weighted by Crippen LogP contribution is 2.36. The first-order chi connectivity index (χ1) is 8.58. The van der Waals surface area contributed by atoms with Gasteiger partial charge >= 0.3 is 12.0 Å². The van der Waals surface area contributed by atoms with Crippen LogP contribution in [0.5, 0.6) is 0 Å². The third-order valence-corrected chi connectivity index (χ3v) is 4.06. The van der Waals surface area contributed by atoms with Crippen molar-refractivity contribution in [2.75, 3.05) is 19.6 Å². The summed E-state index contributed by atoms with van der Waals surface area (Å²) in [6.45, 7) is 3.89. The van der Waals surface area contributed by atoms with Gasteiger partial charge in [-0.2, -0.15) is 0 Å². The molecule has 2 amide bonds. The van der Waals surface area contributed by atoms with Gasteiger partial charge in [0.15, 0.2) is 0 Å². The Balaban J connectivity index is 1.75. The lowest BCUT2D eigenvalue weighted by Gasteiger charge is -2.31. The summed E-state index contributed by atoms with van der Waals surface area (Å²) in [5, 5.41) is 11.9. The average molecular weight is 254 g/mol. The molecule has 1 aliphatic heterocycles. The number of likely N-dealkylation sites (tertiary alicyclic amines) is 1. The fourth-order valence-corrected chi connectivity index (χ4v) is 2.56. The zero-order chi connectivity index (χ0) is 13.1. The third kappa shape index (κ3) is 3.37. The van der Waals surface area contributed by atoms with E-state index in [2.05, 4.69) is 12.2 Å². The highest BCUT2D eigenvalue weighted by Gasteiger charge is 2.30. The Labute approximate surface area is 108 Å². The maximum Gasteiger partial charge on any atom is 0.317 e. The van der Waals surface area contributed by atoms with E-state index in [1.165, 1.54) is 12.8 Å². The van der Waals surface area contributed by atoms with Crippen LogP contribution in [0.1, 0.15) is 32.6 Å². The molecule has 2 N–H and O–H groups in total. The molecule has 0 bridgehead atoms. The predicted molar refractivity (Wildman–Crippen MR) is 67.2 cm³/mol. The van der Waals surface area contributed by atoms with E-state index in [9.17, 15) is 9.59 Å². The van der Waals surface area contributed by atoms with Gasteiger partial charge in [-0.1, -0.05) is 6.92 Å². The van der Waals surface area contributed by atoms with Crippen molar-refractivity contribution in [1.82, 2.24) is 10.2 Å². The quantitative estimate of drug-likeness (QED) is 0.799. The molecule has 1 heterocycles. The number of hydrogen-bond donors (Lipinski definition) is 2. The van der Waals surface area contributed by atoms with Crippen LogP contribution < -0.4 is 5.32 Å². The van der Waals surface area contributed by atoms with Crippen LogP contribution in [0.25, 0.3) is 0 Å². The van der Waals surface area contributed by atoms with Crippen molar-refractivity contribution >= 4 is 12.0 Å². The maximum atomic E-state index is 11.9. The summed E-state index contributed by atoms with van der Waals surface area (Å²) in [6.07, 6.45) is 4.02. The molecule has 0 radical (unpaired) electrons. The summed E-state index contributed by atoms with van der Waals surface area (Å²) < 4.78 is 0. The minimum atomic E-state index is -0.793. The molecule has 1 aliphatic carbocycles. The number of piperidine rings is 1. The fraction of sp³-hybridized carbons (Fsp3) is 0.846. The summed E-state index contributed by atoms with van der Waals surface area (Å²) in [6, 6.07) is -0.103. The molecule has 5 heteroatoms. The van der Waals surface area contributed by atoms with E-state index >= 15 is 0 Å². The summed E-state index contributed by atoms with van der Waals surface area (Å²) >= 11 is 0. The summed E-state index contributed by atoms with van der Waals surface area (Å²) in [7, 11) is 0. The van der Waals surface area contributed by atoms with Crippen molar-refractivity contribution in [3.05, 3.63) is 0 Å². The fourth-order valence-electron chi connectivity index (χ4n) is 2.56. The van der Waals surface area contributed by atoms with Gasteiger partial charge in [0.1, 0.15) is 0 Å². The number of rotatable bonds is 4. The SMILES string of the molecule is CC(CNC(=O)N1CCC[C@@H](C(=O)O)C1)C1CC1. The van der Waals surface area contributed by atoms with Crippen LogP contribution in [0.4, 0.5) is 4.79 Å². The summed E-state index contributed by atoms with van der Waals surface area (Å²) in [5.74, 6) is 0.122. The van der Waals surface area contributed by atoms with Gasteiger partial charge in [-0.15, -0.1) is 0 Å². The lowest BCUT2D eigenvalue weighted by molar-refractivity contribution is -0.143. The lowest BCUT2D eigenvalue weighted by atomic mass is 9.99. The van der Waals surface area contributed by atoms with E-state index in [-0.39, 0.29) is 6.03 Å². The topological polar surface area (TPSA) is 69.6 Å². The van der Waals surface area contributed by atoms with Gasteiger partial charge in [-0.3, -0.25) is 4.79 Å². The number of carboxylic acids is 1. The Hall–Kier alpha value is -1.26.